The lowest BCUT2D eigenvalue weighted by atomic mass is 10.1. The molecule has 1 heterocycles. The number of nitrogens with zero attached hydrogens (tertiary/aromatic N) is 1. The number of Topliss-reactive ketones (excluding diaryl/α,β-unsaturated/α-hetero) is 1. The van der Waals surface area contributed by atoms with E-state index in [9.17, 15) is 14.4 Å². The number of hydrogen-bond donors (Lipinski definition) is 1. The molecule has 2 rings (SSSR count). The Labute approximate surface area is 133 Å². The second kappa shape index (κ2) is 7.49. The minimum atomic E-state index is -0.865. The van der Waals surface area contributed by atoms with Crippen molar-refractivity contribution in [2.24, 2.45) is 0 Å². The van der Waals surface area contributed by atoms with E-state index in [1.165, 1.54) is 14.0 Å². The number of esters is 1. The predicted molar refractivity (Wildman–Crippen MR) is 84.9 cm³/mol. The van der Waals surface area contributed by atoms with Gasteiger partial charge in [0, 0.05) is 18.0 Å². The molecule has 0 bridgehead atoms. The smallest absolute Gasteiger partial charge is 0.328 e. The quantitative estimate of drug-likeness (QED) is 0.823. The fraction of sp³-hybridized carbons (Fsp3) is 0.294. The van der Waals surface area contributed by atoms with Crippen LogP contribution in [0.4, 0.5) is 0 Å². The van der Waals surface area contributed by atoms with Gasteiger partial charge in [-0.3, -0.25) is 9.78 Å². The van der Waals surface area contributed by atoms with Crippen molar-refractivity contribution in [3.05, 3.63) is 42.1 Å². The van der Waals surface area contributed by atoms with Gasteiger partial charge in [-0.15, -0.1) is 0 Å². The van der Waals surface area contributed by atoms with Crippen molar-refractivity contribution >= 4 is 28.6 Å². The largest absolute Gasteiger partial charge is 0.467 e. The van der Waals surface area contributed by atoms with E-state index in [4.69, 9.17) is 0 Å². The Morgan fingerprint density at radius 3 is 2.65 bits per heavy atom. The van der Waals surface area contributed by atoms with Crippen LogP contribution in [0.25, 0.3) is 10.9 Å². The Kier molecular flexibility index (Phi) is 5.41. The van der Waals surface area contributed by atoms with Crippen LogP contribution in [0.5, 0.6) is 0 Å². The molecular weight excluding hydrogens is 296 g/mol. The first-order valence-electron chi connectivity index (χ1n) is 7.25. The number of carbonyl (C=O) groups excluding carboxylic acids is 3. The Morgan fingerprint density at radius 1 is 1.22 bits per heavy atom. The third-order valence-electron chi connectivity index (χ3n) is 3.45. The number of para-hydroxylation sites is 1. The van der Waals surface area contributed by atoms with Crippen molar-refractivity contribution < 1.29 is 19.1 Å². The maximum absolute atomic E-state index is 12.5. The molecule has 1 N–H and O–H groups in total. The molecule has 6 nitrogen and oxygen atoms in total. The molecule has 0 aliphatic rings. The van der Waals surface area contributed by atoms with Crippen molar-refractivity contribution in [3.63, 3.8) is 0 Å². The summed E-state index contributed by atoms with van der Waals surface area (Å²) in [5, 5.41) is 3.46. The molecule has 0 saturated heterocycles. The lowest BCUT2D eigenvalue weighted by Crippen LogP contribution is -2.41. The molecule has 2 aromatic rings. The van der Waals surface area contributed by atoms with Gasteiger partial charge in [-0.05, 0) is 25.5 Å². The number of carbonyl (C=O) groups is 3. The molecule has 1 atom stereocenters. The molecule has 0 aliphatic heterocycles. The number of pyridine rings is 1. The van der Waals surface area contributed by atoms with Crippen LogP contribution in [0.3, 0.4) is 0 Å². The van der Waals surface area contributed by atoms with Gasteiger partial charge >= 0.3 is 5.97 Å². The van der Waals surface area contributed by atoms with E-state index in [2.05, 4.69) is 15.0 Å². The van der Waals surface area contributed by atoms with Gasteiger partial charge in [-0.25, -0.2) is 4.79 Å². The number of fused-ring (bicyclic) bond motifs is 1. The van der Waals surface area contributed by atoms with Crippen LogP contribution in [0.15, 0.2) is 36.5 Å². The summed E-state index contributed by atoms with van der Waals surface area (Å²) < 4.78 is 4.69. The minimum Gasteiger partial charge on any atom is -0.467 e. The number of methoxy groups -OCH3 is 1. The second-order valence-electron chi connectivity index (χ2n) is 5.17. The highest BCUT2D eigenvalue weighted by Gasteiger charge is 2.23. The Hall–Kier alpha value is -2.76. The molecule has 120 valence electrons. The summed E-state index contributed by atoms with van der Waals surface area (Å²) in [5.74, 6) is -1.05. The molecule has 6 heteroatoms. The van der Waals surface area contributed by atoms with E-state index in [0.717, 1.165) is 5.39 Å². The predicted octanol–water partition coefficient (Wildman–Crippen LogP) is 1.88. The van der Waals surface area contributed by atoms with Crippen LogP contribution >= 0.6 is 0 Å². The van der Waals surface area contributed by atoms with Gasteiger partial charge in [0.15, 0.2) is 0 Å². The van der Waals surface area contributed by atoms with E-state index < -0.39 is 17.9 Å². The summed E-state index contributed by atoms with van der Waals surface area (Å²) in [4.78, 5) is 39.6. The lowest BCUT2D eigenvalue weighted by Gasteiger charge is -2.16. The zero-order valence-electron chi connectivity index (χ0n) is 13.0. The van der Waals surface area contributed by atoms with Gasteiger partial charge in [0.1, 0.15) is 11.8 Å². The summed E-state index contributed by atoms with van der Waals surface area (Å²) in [6.45, 7) is 1.44. The number of ether oxygens (including phenoxy) is 1. The van der Waals surface area contributed by atoms with Crippen molar-refractivity contribution in [2.45, 2.75) is 25.8 Å². The van der Waals surface area contributed by atoms with Crippen LogP contribution in [0, 0.1) is 0 Å². The Morgan fingerprint density at radius 2 is 1.96 bits per heavy atom. The minimum absolute atomic E-state index is 0.0556. The van der Waals surface area contributed by atoms with Gasteiger partial charge in [0.2, 0.25) is 0 Å². The van der Waals surface area contributed by atoms with Gasteiger partial charge < -0.3 is 14.8 Å². The SMILES string of the molecule is COC(=O)[C@@H](CCC(C)=O)NC(=O)c1cccc2cccnc12. The van der Waals surface area contributed by atoms with Crippen molar-refractivity contribution in [1.29, 1.82) is 0 Å². The summed E-state index contributed by atoms with van der Waals surface area (Å²) >= 11 is 0. The van der Waals surface area contributed by atoms with Crippen LogP contribution < -0.4 is 5.32 Å². The van der Waals surface area contributed by atoms with E-state index in [0.29, 0.717) is 11.1 Å². The van der Waals surface area contributed by atoms with E-state index in [-0.39, 0.29) is 18.6 Å². The first kappa shape index (κ1) is 16.6. The first-order valence-corrected chi connectivity index (χ1v) is 7.25. The number of nitrogens with one attached hydrogen (secondary N) is 1. The molecule has 0 aliphatic carbocycles. The summed E-state index contributed by atoms with van der Waals surface area (Å²) in [6.07, 6.45) is 1.99. The molecular formula is C17H18N2O4. The van der Waals surface area contributed by atoms with E-state index >= 15 is 0 Å². The number of rotatable bonds is 6. The van der Waals surface area contributed by atoms with Crippen LogP contribution in [-0.2, 0) is 14.3 Å². The third kappa shape index (κ3) is 4.12. The van der Waals surface area contributed by atoms with Gasteiger partial charge in [-0.2, -0.15) is 0 Å². The highest BCUT2D eigenvalue weighted by Crippen LogP contribution is 2.16. The molecule has 23 heavy (non-hydrogen) atoms. The first-order chi connectivity index (χ1) is 11.0. The molecule has 1 aromatic carbocycles. The molecule has 0 fully saturated rings. The molecule has 1 amide bonds. The Bertz CT molecular complexity index is 737. The average molecular weight is 314 g/mol. The molecule has 0 radical (unpaired) electrons. The maximum Gasteiger partial charge on any atom is 0.328 e. The van der Waals surface area contributed by atoms with Gasteiger partial charge in [0.05, 0.1) is 18.2 Å². The van der Waals surface area contributed by atoms with Gasteiger partial charge in [0.25, 0.3) is 5.91 Å². The third-order valence-corrected chi connectivity index (χ3v) is 3.45. The summed E-state index contributed by atoms with van der Waals surface area (Å²) in [5.41, 5.74) is 0.933. The maximum atomic E-state index is 12.5. The monoisotopic (exact) mass is 314 g/mol. The van der Waals surface area contributed by atoms with Crippen molar-refractivity contribution in [1.82, 2.24) is 10.3 Å². The number of ketones is 1. The second-order valence-corrected chi connectivity index (χ2v) is 5.17. The fourth-order valence-corrected chi connectivity index (χ4v) is 2.26. The lowest BCUT2D eigenvalue weighted by molar-refractivity contribution is -0.143. The highest BCUT2D eigenvalue weighted by atomic mass is 16.5. The zero-order valence-corrected chi connectivity index (χ0v) is 13.0. The van der Waals surface area contributed by atoms with Crippen molar-refractivity contribution in [3.8, 4) is 0 Å². The fourth-order valence-electron chi connectivity index (χ4n) is 2.26. The van der Waals surface area contributed by atoms with E-state index in [1.54, 1.807) is 24.4 Å². The van der Waals surface area contributed by atoms with Crippen LogP contribution in [-0.4, -0.2) is 35.8 Å². The topological polar surface area (TPSA) is 85.4 Å². The normalized spacial score (nSPS) is 11.7. The average Bonchev–Trinajstić information content (AvgIpc) is 2.56. The number of benzene rings is 1. The summed E-state index contributed by atoms with van der Waals surface area (Å²) in [7, 11) is 1.24. The molecule has 1 aromatic heterocycles. The highest BCUT2D eigenvalue weighted by molar-refractivity contribution is 6.06. The zero-order chi connectivity index (χ0) is 16.8. The molecule has 0 saturated carbocycles. The van der Waals surface area contributed by atoms with E-state index in [1.807, 2.05) is 12.1 Å². The number of amides is 1. The summed E-state index contributed by atoms with van der Waals surface area (Å²) in [6, 6.07) is 8.02. The standard InChI is InChI=1S/C17H18N2O4/c1-11(20)8-9-14(17(22)23-2)19-16(21)13-7-3-5-12-6-4-10-18-15(12)13/h3-7,10,14H,8-9H2,1-2H3,(H,19,21)/t14-/m1/s1. The van der Waals surface area contributed by atoms with Crippen molar-refractivity contribution in [2.75, 3.05) is 7.11 Å². The van der Waals surface area contributed by atoms with Gasteiger partial charge in [-0.1, -0.05) is 18.2 Å². The van der Waals surface area contributed by atoms with Crippen LogP contribution in [0.2, 0.25) is 0 Å². The molecule has 0 unspecified atom stereocenters. The number of aromatic nitrogens is 1. The van der Waals surface area contributed by atoms with Crippen LogP contribution in [0.1, 0.15) is 30.1 Å². The Balaban J connectivity index is 2.23. The number of hydrogen-bond acceptors (Lipinski definition) is 5. The molecule has 0 spiro atoms.